The summed E-state index contributed by atoms with van der Waals surface area (Å²) in [5, 5.41) is 1.42. The third-order valence-corrected chi connectivity index (χ3v) is 3.48. The van der Waals surface area contributed by atoms with E-state index >= 15 is 0 Å². The predicted molar refractivity (Wildman–Crippen MR) is 56.1 cm³/mol. The highest BCUT2D eigenvalue weighted by Gasteiger charge is 2.16. The molecule has 1 aliphatic heterocycles. The minimum Gasteiger partial charge on any atom is -0.381 e. The molecule has 1 aromatic rings. The van der Waals surface area contributed by atoms with Gasteiger partial charge in [-0.15, -0.1) is 0 Å². The lowest BCUT2D eigenvalue weighted by atomic mass is 10.2. The Hall–Kier alpha value is -0.810. The smallest absolute Gasteiger partial charge is 0.156 e. The van der Waals surface area contributed by atoms with Crippen molar-refractivity contribution in [2.45, 2.75) is 23.1 Å². The van der Waals surface area contributed by atoms with Crippen molar-refractivity contribution in [1.82, 2.24) is 9.97 Å². The van der Waals surface area contributed by atoms with Crippen molar-refractivity contribution in [3.63, 3.8) is 0 Å². The highest BCUT2D eigenvalue weighted by atomic mass is 32.2. The fraction of sp³-hybridized carbons (Fsp3) is 0.556. The van der Waals surface area contributed by atoms with Gasteiger partial charge < -0.3 is 10.5 Å². The van der Waals surface area contributed by atoms with Crippen molar-refractivity contribution in [2.24, 2.45) is 0 Å². The number of ether oxygens (including phenoxy) is 1. The second-order valence-electron chi connectivity index (χ2n) is 3.18. The Morgan fingerprint density at radius 1 is 1.29 bits per heavy atom. The lowest BCUT2D eigenvalue weighted by Crippen LogP contribution is -2.17. The summed E-state index contributed by atoms with van der Waals surface area (Å²) >= 11 is 1.71. The van der Waals surface area contributed by atoms with Gasteiger partial charge in [-0.1, -0.05) is 11.8 Å². The Morgan fingerprint density at radius 3 is 2.71 bits per heavy atom. The minimum atomic E-state index is 0.531. The van der Waals surface area contributed by atoms with Gasteiger partial charge in [0.25, 0.3) is 0 Å². The van der Waals surface area contributed by atoms with Crippen molar-refractivity contribution in [3.8, 4) is 0 Å². The third kappa shape index (κ3) is 2.36. The van der Waals surface area contributed by atoms with E-state index in [4.69, 9.17) is 10.5 Å². The molecule has 1 aromatic heterocycles. The van der Waals surface area contributed by atoms with Gasteiger partial charge in [-0.05, 0) is 12.8 Å². The predicted octanol–water partition coefficient (Wildman–Crippen LogP) is 1.33. The molecule has 5 heteroatoms. The van der Waals surface area contributed by atoms with E-state index in [1.54, 1.807) is 24.2 Å². The molecule has 1 saturated heterocycles. The number of rotatable bonds is 2. The van der Waals surface area contributed by atoms with Gasteiger partial charge in [0, 0.05) is 30.9 Å². The first-order valence-corrected chi connectivity index (χ1v) is 5.55. The molecule has 2 heterocycles. The quantitative estimate of drug-likeness (QED) is 0.799. The van der Waals surface area contributed by atoms with Crippen LogP contribution in [-0.4, -0.2) is 28.4 Å². The molecule has 14 heavy (non-hydrogen) atoms. The van der Waals surface area contributed by atoms with Crippen LogP contribution in [0.4, 0.5) is 5.82 Å². The van der Waals surface area contributed by atoms with Crippen LogP contribution in [0.15, 0.2) is 17.4 Å². The van der Waals surface area contributed by atoms with Gasteiger partial charge in [0.1, 0.15) is 5.03 Å². The van der Waals surface area contributed by atoms with Crippen molar-refractivity contribution in [3.05, 3.63) is 12.4 Å². The Bertz CT molecular complexity index is 302. The van der Waals surface area contributed by atoms with E-state index in [9.17, 15) is 0 Å². The number of nitrogens with two attached hydrogens (primary N) is 1. The van der Waals surface area contributed by atoms with E-state index in [0.717, 1.165) is 31.1 Å². The normalized spacial score (nSPS) is 18.3. The van der Waals surface area contributed by atoms with Gasteiger partial charge in [-0.3, -0.25) is 0 Å². The number of anilines is 1. The van der Waals surface area contributed by atoms with Gasteiger partial charge in [0.15, 0.2) is 5.82 Å². The van der Waals surface area contributed by atoms with Crippen molar-refractivity contribution in [1.29, 1.82) is 0 Å². The fourth-order valence-electron chi connectivity index (χ4n) is 1.38. The van der Waals surface area contributed by atoms with Crippen LogP contribution in [0.2, 0.25) is 0 Å². The summed E-state index contributed by atoms with van der Waals surface area (Å²) in [4.78, 5) is 8.21. The molecule has 1 fully saturated rings. The van der Waals surface area contributed by atoms with E-state index in [1.807, 2.05) is 0 Å². The third-order valence-electron chi connectivity index (χ3n) is 2.14. The average molecular weight is 211 g/mol. The summed E-state index contributed by atoms with van der Waals surface area (Å²) in [6.45, 7) is 1.69. The van der Waals surface area contributed by atoms with Gasteiger partial charge in [0.2, 0.25) is 0 Å². The van der Waals surface area contributed by atoms with E-state index in [0.29, 0.717) is 11.1 Å². The van der Waals surface area contributed by atoms with E-state index in [-0.39, 0.29) is 0 Å². The number of hydrogen-bond acceptors (Lipinski definition) is 5. The number of nitrogen functional groups attached to an aromatic ring is 1. The summed E-state index contributed by atoms with van der Waals surface area (Å²) in [6.07, 6.45) is 5.43. The van der Waals surface area contributed by atoms with Crippen LogP contribution >= 0.6 is 11.8 Å². The molecule has 4 nitrogen and oxygen atoms in total. The second kappa shape index (κ2) is 4.61. The molecule has 0 radical (unpaired) electrons. The summed E-state index contributed by atoms with van der Waals surface area (Å²) < 4.78 is 5.29. The number of thioether (sulfide) groups is 1. The SMILES string of the molecule is Nc1nccnc1SC1CCOCC1. The van der Waals surface area contributed by atoms with Gasteiger partial charge >= 0.3 is 0 Å². The molecule has 0 unspecified atom stereocenters. The molecule has 0 aliphatic carbocycles. The zero-order valence-corrected chi connectivity index (χ0v) is 8.67. The molecule has 0 atom stereocenters. The molecule has 2 rings (SSSR count). The molecule has 0 amide bonds. The zero-order chi connectivity index (χ0) is 9.80. The maximum Gasteiger partial charge on any atom is 0.156 e. The van der Waals surface area contributed by atoms with Crippen LogP contribution < -0.4 is 5.73 Å². The molecular formula is C9H13N3OS. The van der Waals surface area contributed by atoms with Crippen molar-refractivity contribution >= 4 is 17.6 Å². The molecule has 0 aromatic carbocycles. The average Bonchev–Trinajstić information content (AvgIpc) is 2.23. The maximum atomic E-state index is 5.71. The van der Waals surface area contributed by atoms with E-state index in [1.165, 1.54) is 0 Å². The fourth-order valence-corrected chi connectivity index (χ4v) is 2.42. The number of nitrogens with zero attached hydrogens (tertiary/aromatic N) is 2. The monoisotopic (exact) mass is 211 g/mol. The van der Waals surface area contributed by atoms with Gasteiger partial charge in [-0.2, -0.15) is 0 Å². The number of hydrogen-bond donors (Lipinski definition) is 1. The topological polar surface area (TPSA) is 61.0 Å². The first-order chi connectivity index (χ1) is 6.86. The molecule has 2 N–H and O–H groups in total. The Labute approximate surface area is 87.3 Å². The largest absolute Gasteiger partial charge is 0.381 e. The molecule has 0 bridgehead atoms. The Morgan fingerprint density at radius 2 is 2.00 bits per heavy atom. The lowest BCUT2D eigenvalue weighted by Gasteiger charge is -2.21. The molecular weight excluding hydrogens is 198 g/mol. The zero-order valence-electron chi connectivity index (χ0n) is 7.85. The van der Waals surface area contributed by atoms with E-state index in [2.05, 4.69) is 9.97 Å². The van der Waals surface area contributed by atoms with Crippen LogP contribution in [0.3, 0.4) is 0 Å². The van der Waals surface area contributed by atoms with Crippen molar-refractivity contribution < 1.29 is 4.74 Å². The summed E-state index contributed by atoms with van der Waals surface area (Å²) in [6, 6.07) is 0. The van der Waals surface area contributed by atoms with Crippen LogP contribution in [0.1, 0.15) is 12.8 Å². The first kappa shape index (κ1) is 9.73. The van der Waals surface area contributed by atoms with E-state index < -0.39 is 0 Å². The standard InChI is InChI=1S/C9H13N3OS/c10-8-9(12-4-3-11-8)14-7-1-5-13-6-2-7/h3-4,7H,1-2,5-6H2,(H2,10,11). The molecule has 76 valence electrons. The Balaban J connectivity index is 1.99. The van der Waals surface area contributed by atoms with Crippen molar-refractivity contribution in [2.75, 3.05) is 18.9 Å². The Kier molecular flexibility index (Phi) is 3.21. The van der Waals surface area contributed by atoms with Crippen LogP contribution in [0.25, 0.3) is 0 Å². The summed E-state index contributed by atoms with van der Waals surface area (Å²) in [7, 11) is 0. The highest BCUT2D eigenvalue weighted by molar-refractivity contribution is 8.00. The van der Waals surface area contributed by atoms with Gasteiger partial charge in [-0.25, -0.2) is 9.97 Å². The van der Waals surface area contributed by atoms with Crippen LogP contribution in [0, 0.1) is 0 Å². The molecule has 0 spiro atoms. The van der Waals surface area contributed by atoms with Crippen LogP contribution in [0.5, 0.6) is 0 Å². The second-order valence-corrected chi connectivity index (χ2v) is 4.47. The summed E-state index contributed by atoms with van der Waals surface area (Å²) in [5.74, 6) is 0.531. The van der Waals surface area contributed by atoms with Gasteiger partial charge in [0.05, 0.1) is 0 Å². The maximum absolute atomic E-state index is 5.71. The number of aromatic nitrogens is 2. The highest BCUT2D eigenvalue weighted by Crippen LogP contribution is 2.30. The molecule has 0 saturated carbocycles. The first-order valence-electron chi connectivity index (χ1n) is 4.67. The lowest BCUT2D eigenvalue weighted by molar-refractivity contribution is 0.1000. The minimum absolute atomic E-state index is 0.531. The van der Waals surface area contributed by atoms with Crippen LogP contribution in [-0.2, 0) is 4.74 Å². The summed E-state index contributed by atoms with van der Waals surface area (Å²) in [5.41, 5.74) is 5.71. The molecule has 1 aliphatic rings.